The quantitative estimate of drug-likeness (QED) is 0.708. The zero-order valence-electron chi connectivity index (χ0n) is 13.5. The van der Waals surface area contributed by atoms with Crippen molar-refractivity contribution in [2.45, 2.75) is 20.4 Å². The molecule has 3 rings (SSSR count). The average Bonchev–Trinajstić information content (AvgIpc) is 3.13. The van der Waals surface area contributed by atoms with Gasteiger partial charge in [-0.2, -0.15) is 0 Å². The van der Waals surface area contributed by atoms with Crippen LogP contribution in [0.25, 0.3) is 11.0 Å². The molecule has 2 heterocycles. The van der Waals surface area contributed by atoms with Gasteiger partial charge in [0.2, 0.25) is 0 Å². The maximum Gasteiger partial charge on any atom is 0.337 e. The number of esters is 1. The van der Waals surface area contributed by atoms with Crippen molar-refractivity contribution in [2.24, 2.45) is 0 Å². The molecule has 8 heteroatoms. The topological polar surface area (TPSA) is 97.0 Å². The number of hydrogen-bond donors (Lipinski definition) is 2. The van der Waals surface area contributed by atoms with Crippen LogP contribution in [0, 0.1) is 13.8 Å². The Morgan fingerprint density at radius 2 is 2.08 bits per heavy atom. The van der Waals surface area contributed by atoms with E-state index in [-0.39, 0.29) is 12.5 Å². The third kappa shape index (κ3) is 3.13. The molecule has 0 atom stereocenters. The average molecular weight is 344 g/mol. The van der Waals surface area contributed by atoms with Crippen LogP contribution in [0.15, 0.2) is 18.2 Å². The first-order valence-corrected chi connectivity index (χ1v) is 8.08. The zero-order valence-corrected chi connectivity index (χ0v) is 14.3. The molecule has 1 aromatic carbocycles. The number of hydrogen-bond acceptors (Lipinski definition) is 6. The fourth-order valence-corrected chi connectivity index (χ4v) is 3.19. The number of ether oxygens (including phenoxy) is 1. The number of carbonyl (C=O) groups is 2. The Morgan fingerprint density at radius 1 is 1.29 bits per heavy atom. The number of imidazole rings is 1. The summed E-state index contributed by atoms with van der Waals surface area (Å²) in [4.78, 5) is 36.3. The Hall–Kier alpha value is -2.74. The maximum absolute atomic E-state index is 12.2. The van der Waals surface area contributed by atoms with E-state index in [0.717, 1.165) is 9.88 Å². The Bertz CT molecular complexity index is 929. The van der Waals surface area contributed by atoms with Gasteiger partial charge in [-0.3, -0.25) is 4.79 Å². The molecule has 0 fully saturated rings. The number of thiazole rings is 1. The van der Waals surface area contributed by atoms with E-state index in [1.165, 1.54) is 18.4 Å². The van der Waals surface area contributed by atoms with Crippen LogP contribution in [0.3, 0.4) is 0 Å². The summed E-state index contributed by atoms with van der Waals surface area (Å²) in [5, 5.41) is 3.66. The summed E-state index contributed by atoms with van der Waals surface area (Å²) in [5.41, 5.74) is 2.31. The molecule has 2 N–H and O–H groups in total. The lowest BCUT2D eigenvalue weighted by Gasteiger charge is -2.01. The molecular weight excluding hydrogens is 328 g/mol. The minimum Gasteiger partial charge on any atom is -0.465 e. The van der Waals surface area contributed by atoms with E-state index in [1.54, 1.807) is 18.2 Å². The lowest BCUT2D eigenvalue weighted by molar-refractivity contribution is 0.0600. The second-order valence-electron chi connectivity index (χ2n) is 5.23. The Balaban J connectivity index is 1.74. The Labute approximate surface area is 142 Å². The molecule has 3 aromatic rings. The van der Waals surface area contributed by atoms with Crippen molar-refractivity contribution in [3.8, 4) is 0 Å². The van der Waals surface area contributed by atoms with E-state index in [4.69, 9.17) is 4.74 Å². The number of benzene rings is 1. The monoisotopic (exact) mass is 344 g/mol. The number of rotatable bonds is 4. The van der Waals surface area contributed by atoms with Crippen LogP contribution in [0.5, 0.6) is 0 Å². The summed E-state index contributed by atoms with van der Waals surface area (Å²) in [5.74, 6) is -0.0340. The van der Waals surface area contributed by atoms with Crippen LogP contribution in [0.1, 0.15) is 36.6 Å². The van der Waals surface area contributed by atoms with Crippen LogP contribution in [-0.4, -0.2) is 33.9 Å². The summed E-state index contributed by atoms with van der Waals surface area (Å²) in [6.07, 6.45) is 0. The SMILES string of the molecule is COC(=O)c1ccc2nc(CNC(=O)c3nc(C)sc3C)[nH]c2c1. The zero-order chi connectivity index (χ0) is 17.3. The molecule has 0 saturated heterocycles. The fraction of sp³-hybridized carbons (Fsp3) is 0.250. The third-order valence-corrected chi connectivity index (χ3v) is 4.37. The maximum atomic E-state index is 12.2. The van der Waals surface area contributed by atoms with Crippen LogP contribution < -0.4 is 5.32 Å². The Morgan fingerprint density at radius 3 is 2.75 bits per heavy atom. The highest BCUT2D eigenvalue weighted by atomic mass is 32.1. The van der Waals surface area contributed by atoms with Crippen LogP contribution in [0.2, 0.25) is 0 Å². The first-order valence-electron chi connectivity index (χ1n) is 7.27. The lowest BCUT2D eigenvalue weighted by atomic mass is 10.2. The highest BCUT2D eigenvalue weighted by molar-refractivity contribution is 7.11. The minimum absolute atomic E-state index is 0.229. The van der Waals surface area contributed by atoms with E-state index < -0.39 is 5.97 Å². The van der Waals surface area contributed by atoms with Gasteiger partial charge in [0.1, 0.15) is 11.5 Å². The highest BCUT2D eigenvalue weighted by Crippen LogP contribution is 2.17. The van der Waals surface area contributed by atoms with Crippen molar-refractivity contribution in [2.75, 3.05) is 7.11 Å². The van der Waals surface area contributed by atoms with Crippen LogP contribution in [0.4, 0.5) is 0 Å². The predicted octanol–water partition coefficient (Wildman–Crippen LogP) is 2.35. The molecular formula is C16H16N4O3S. The highest BCUT2D eigenvalue weighted by Gasteiger charge is 2.14. The second-order valence-corrected chi connectivity index (χ2v) is 6.63. The van der Waals surface area contributed by atoms with Gasteiger partial charge < -0.3 is 15.0 Å². The molecule has 7 nitrogen and oxygen atoms in total. The standard InChI is InChI=1S/C16H16N4O3S/c1-8-14(18-9(2)24-8)15(21)17-7-13-19-11-5-4-10(16(22)23-3)6-12(11)20-13/h4-6H,7H2,1-3H3,(H,17,21)(H,19,20). The summed E-state index contributed by atoms with van der Waals surface area (Å²) in [7, 11) is 1.34. The molecule has 124 valence electrons. The van der Waals surface area contributed by atoms with Crippen LogP contribution >= 0.6 is 11.3 Å². The fourth-order valence-electron chi connectivity index (χ4n) is 2.38. The van der Waals surface area contributed by atoms with Gasteiger partial charge in [0.15, 0.2) is 0 Å². The molecule has 0 saturated carbocycles. The number of fused-ring (bicyclic) bond motifs is 1. The number of aromatic nitrogens is 3. The number of carbonyl (C=O) groups excluding carboxylic acids is 2. The molecule has 0 aliphatic carbocycles. The van der Waals surface area contributed by atoms with Crippen molar-refractivity contribution in [3.63, 3.8) is 0 Å². The normalized spacial score (nSPS) is 10.8. The van der Waals surface area contributed by atoms with Crippen molar-refractivity contribution in [3.05, 3.63) is 45.2 Å². The van der Waals surface area contributed by atoms with E-state index in [1.807, 2.05) is 13.8 Å². The molecule has 1 amide bonds. The van der Waals surface area contributed by atoms with Crippen molar-refractivity contribution < 1.29 is 14.3 Å². The predicted molar refractivity (Wildman–Crippen MR) is 90.2 cm³/mol. The van der Waals surface area contributed by atoms with Gasteiger partial charge >= 0.3 is 5.97 Å². The number of H-pyrrole nitrogens is 1. The van der Waals surface area contributed by atoms with Crippen molar-refractivity contribution >= 4 is 34.2 Å². The number of aryl methyl sites for hydroxylation is 2. The van der Waals surface area contributed by atoms with Crippen molar-refractivity contribution in [1.82, 2.24) is 20.3 Å². The van der Waals surface area contributed by atoms with Gasteiger partial charge in [-0.1, -0.05) is 0 Å². The molecule has 24 heavy (non-hydrogen) atoms. The Kier molecular flexibility index (Phi) is 4.30. The summed E-state index contributed by atoms with van der Waals surface area (Å²) in [6.45, 7) is 3.98. The number of nitrogens with zero attached hydrogens (tertiary/aromatic N) is 2. The second kappa shape index (κ2) is 6.40. The first-order chi connectivity index (χ1) is 11.5. The minimum atomic E-state index is -0.407. The van der Waals surface area contributed by atoms with Gasteiger partial charge in [-0.05, 0) is 32.0 Å². The summed E-state index contributed by atoms with van der Waals surface area (Å²) < 4.78 is 4.70. The molecule has 0 unspecified atom stereocenters. The van der Waals surface area contributed by atoms with Gasteiger partial charge in [0, 0.05) is 4.88 Å². The third-order valence-electron chi connectivity index (χ3n) is 3.49. The van der Waals surface area contributed by atoms with Crippen LogP contribution in [-0.2, 0) is 11.3 Å². The summed E-state index contributed by atoms with van der Waals surface area (Å²) in [6, 6.07) is 5.06. The van der Waals surface area contributed by atoms with Gasteiger partial charge in [0.05, 0.1) is 35.3 Å². The molecule has 0 aliphatic heterocycles. The largest absolute Gasteiger partial charge is 0.465 e. The van der Waals surface area contributed by atoms with E-state index in [2.05, 4.69) is 20.3 Å². The molecule has 2 aromatic heterocycles. The molecule has 0 aliphatic rings. The van der Waals surface area contributed by atoms with Gasteiger partial charge in [0.25, 0.3) is 5.91 Å². The molecule has 0 bridgehead atoms. The van der Waals surface area contributed by atoms with Gasteiger partial charge in [-0.25, -0.2) is 14.8 Å². The first kappa shape index (κ1) is 16.1. The summed E-state index contributed by atoms with van der Waals surface area (Å²) >= 11 is 1.49. The van der Waals surface area contributed by atoms with E-state index >= 15 is 0 Å². The van der Waals surface area contributed by atoms with Crippen molar-refractivity contribution in [1.29, 1.82) is 0 Å². The van der Waals surface area contributed by atoms with E-state index in [0.29, 0.717) is 28.1 Å². The number of nitrogens with one attached hydrogen (secondary N) is 2. The number of aromatic amines is 1. The number of amides is 1. The lowest BCUT2D eigenvalue weighted by Crippen LogP contribution is -2.24. The van der Waals surface area contributed by atoms with Gasteiger partial charge in [-0.15, -0.1) is 11.3 Å². The number of methoxy groups -OCH3 is 1. The molecule has 0 spiro atoms. The van der Waals surface area contributed by atoms with E-state index in [9.17, 15) is 9.59 Å². The smallest absolute Gasteiger partial charge is 0.337 e. The molecule has 0 radical (unpaired) electrons.